The maximum atomic E-state index is 11.6. The third-order valence-corrected chi connectivity index (χ3v) is 3.26. The lowest BCUT2D eigenvalue weighted by atomic mass is 10.2. The van der Waals surface area contributed by atoms with Crippen molar-refractivity contribution in [3.05, 3.63) is 0 Å². The molecule has 0 aliphatic carbocycles. The van der Waals surface area contributed by atoms with Crippen LogP contribution in [-0.4, -0.2) is 42.2 Å². The molecular formula is C11H22N2O2S2. The van der Waals surface area contributed by atoms with Crippen molar-refractivity contribution >= 4 is 36.2 Å². The van der Waals surface area contributed by atoms with Crippen LogP contribution in [0.5, 0.6) is 0 Å². The molecule has 1 unspecified atom stereocenters. The molecule has 0 bridgehead atoms. The molecule has 0 saturated heterocycles. The monoisotopic (exact) mass is 278 g/mol. The molecule has 0 fully saturated rings. The summed E-state index contributed by atoms with van der Waals surface area (Å²) in [6.45, 7) is 2.06. The van der Waals surface area contributed by atoms with E-state index in [1.54, 1.807) is 0 Å². The molecule has 0 rings (SSSR count). The highest BCUT2D eigenvalue weighted by molar-refractivity contribution is 7.98. The molecule has 0 saturated carbocycles. The van der Waals surface area contributed by atoms with Gasteiger partial charge in [-0.3, -0.25) is 9.59 Å². The Morgan fingerprint density at radius 3 is 2.53 bits per heavy atom. The molecule has 0 aromatic rings. The summed E-state index contributed by atoms with van der Waals surface area (Å²) in [4.78, 5) is 22.5. The van der Waals surface area contributed by atoms with E-state index in [4.69, 9.17) is 0 Å². The van der Waals surface area contributed by atoms with Gasteiger partial charge in [0.25, 0.3) is 0 Å². The Bertz CT molecular complexity index is 238. The number of hydrogen-bond acceptors (Lipinski definition) is 4. The van der Waals surface area contributed by atoms with Crippen LogP contribution in [0.4, 0.5) is 0 Å². The van der Waals surface area contributed by atoms with Crippen LogP contribution in [0.25, 0.3) is 0 Å². The number of unbranched alkanes of at least 4 members (excludes halogenated alkanes) is 2. The molecule has 0 aliphatic rings. The van der Waals surface area contributed by atoms with Crippen LogP contribution in [0.15, 0.2) is 0 Å². The number of carbonyl (C=O) groups is 2. The molecule has 0 aromatic heterocycles. The SMILES string of the molecule is CSCCCCCNC(=O)C(CS)NC(C)=O. The van der Waals surface area contributed by atoms with Crippen molar-refractivity contribution in [3.63, 3.8) is 0 Å². The predicted octanol–water partition coefficient (Wildman–Crippen LogP) is 1.07. The topological polar surface area (TPSA) is 58.2 Å². The van der Waals surface area contributed by atoms with E-state index in [0.29, 0.717) is 12.3 Å². The largest absolute Gasteiger partial charge is 0.354 e. The first-order valence-electron chi connectivity index (χ1n) is 5.76. The van der Waals surface area contributed by atoms with Gasteiger partial charge in [0.2, 0.25) is 11.8 Å². The van der Waals surface area contributed by atoms with Crippen molar-refractivity contribution < 1.29 is 9.59 Å². The first-order valence-corrected chi connectivity index (χ1v) is 7.79. The van der Waals surface area contributed by atoms with Crippen molar-refractivity contribution in [3.8, 4) is 0 Å². The Balaban J connectivity index is 3.64. The molecule has 17 heavy (non-hydrogen) atoms. The lowest BCUT2D eigenvalue weighted by Crippen LogP contribution is -2.47. The molecule has 0 aromatic carbocycles. The van der Waals surface area contributed by atoms with E-state index < -0.39 is 6.04 Å². The van der Waals surface area contributed by atoms with Gasteiger partial charge in [-0.05, 0) is 24.9 Å². The minimum absolute atomic E-state index is 0.153. The lowest BCUT2D eigenvalue weighted by molar-refractivity contribution is -0.127. The third kappa shape index (κ3) is 9.35. The second-order valence-corrected chi connectivity index (χ2v) is 5.13. The molecular weight excluding hydrogens is 256 g/mol. The third-order valence-electron chi connectivity index (χ3n) is 2.20. The van der Waals surface area contributed by atoms with Gasteiger partial charge in [-0.2, -0.15) is 24.4 Å². The molecule has 1 atom stereocenters. The summed E-state index contributed by atoms with van der Waals surface area (Å²) in [5.41, 5.74) is 0. The van der Waals surface area contributed by atoms with Gasteiger partial charge >= 0.3 is 0 Å². The van der Waals surface area contributed by atoms with E-state index in [1.165, 1.54) is 19.1 Å². The summed E-state index contributed by atoms with van der Waals surface area (Å²) < 4.78 is 0. The van der Waals surface area contributed by atoms with E-state index >= 15 is 0 Å². The highest BCUT2D eigenvalue weighted by atomic mass is 32.2. The second-order valence-electron chi connectivity index (χ2n) is 3.78. The summed E-state index contributed by atoms with van der Waals surface area (Å²) in [5.74, 6) is 1.12. The van der Waals surface area contributed by atoms with Gasteiger partial charge in [-0.1, -0.05) is 6.42 Å². The predicted molar refractivity (Wildman–Crippen MR) is 76.7 cm³/mol. The molecule has 100 valence electrons. The van der Waals surface area contributed by atoms with E-state index in [1.807, 2.05) is 11.8 Å². The number of amides is 2. The molecule has 2 N–H and O–H groups in total. The average molecular weight is 278 g/mol. The Labute approximate surface area is 113 Å². The Hall–Kier alpha value is -0.360. The van der Waals surface area contributed by atoms with Crippen LogP contribution in [-0.2, 0) is 9.59 Å². The summed E-state index contributed by atoms with van der Waals surface area (Å²) in [6, 6.07) is -0.526. The number of nitrogens with one attached hydrogen (secondary N) is 2. The van der Waals surface area contributed by atoms with Gasteiger partial charge < -0.3 is 10.6 Å². The number of thiol groups is 1. The zero-order valence-corrected chi connectivity index (χ0v) is 12.2. The maximum absolute atomic E-state index is 11.6. The van der Waals surface area contributed by atoms with E-state index in [-0.39, 0.29) is 11.8 Å². The van der Waals surface area contributed by atoms with Crippen LogP contribution in [0.3, 0.4) is 0 Å². The van der Waals surface area contributed by atoms with Crippen LogP contribution >= 0.6 is 24.4 Å². The Morgan fingerprint density at radius 2 is 2.00 bits per heavy atom. The van der Waals surface area contributed by atoms with Crippen molar-refractivity contribution in [1.29, 1.82) is 0 Å². The molecule has 0 aliphatic heterocycles. The van der Waals surface area contributed by atoms with E-state index in [2.05, 4.69) is 29.5 Å². The Kier molecular flexibility index (Phi) is 10.5. The van der Waals surface area contributed by atoms with Gasteiger partial charge in [0.15, 0.2) is 0 Å². The Morgan fingerprint density at radius 1 is 1.29 bits per heavy atom. The minimum Gasteiger partial charge on any atom is -0.354 e. The summed E-state index contributed by atoms with van der Waals surface area (Å²) in [7, 11) is 0. The normalized spacial score (nSPS) is 11.9. The fraction of sp³-hybridized carbons (Fsp3) is 0.818. The molecule has 4 nitrogen and oxygen atoms in total. The number of thioether (sulfide) groups is 1. The van der Waals surface area contributed by atoms with Crippen LogP contribution in [0.2, 0.25) is 0 Å². The number of carbonyl (C=O) groups excluding carboxylic acids is 2. The quantitative estimate of drug-likeness (QED) is 0.437. The van der Waals surface area contributed by atoms with Crippen LogP contribution in [0, 0.1) is 0 Å². The molecule has 0 spiro atoms. The van der Waals surface area contributed by atoms with Gasteiger partial charge in [0.05, 0.1) is 0 Å². The highest BCUT2D eigenvalue weighted by Crippen LogP contribution is 2.01. The summed E-state index contributed by atoms with van der Waals surface area (Å²) in [6.07, 6.45) is 5.36. The van der Waals surface area contributed by atoms with E-state index in [9.17, 15) is 9.59 Å². The van der Waals surface area contributed by atoms with Crippen molar-refractivity contribution in [2.24, 2.45) is 0 Å². The number of rotatable bonds is 9. The smallest absolute Gasteiger partial charge is 0.243 e. The molecule has 0 radical (unpaired) electrons. The molecule has 0 heterocycles. The van der Waals surface area contributed by atoms with E-state index in [0.717, 1.165) is 12.8 Å². The zero-order chi connectivity index (χ0) is 13.1. The average Bonchev–Trinajstić information content (AvgIpc) is 2.30. The van der Waals surface area contributed by atoms with Crippen molar-refractivity contribution in [2.45, 2.75) is 32.2 Å². The van der Waals surface area contributed by atoms with Gasteiger partial charge in [-0.15, -0.1) is 0 Å². The summed E-state index contributed by atoms with van der Waals surface area (Å²) in [5, 5.41) is 5.37. The second kappa shape index (κ2) is 10.8. The highest BCUT2D eigenvalue weighted by Gasteiger charge is 2.16. The van der Waals surface area contributed by atoms with Gasteiger partial charge in [0, 0.05) is 19.2 Å². The first kappa shape index (κ1) is 16.6. The maximum Gasteiger partial charge on any atom is 0.243 e. The van der Waals surface area contributed by atoms with Crippen LogP contribution < -0.4 is 10.6 Å². The zero-order valence-electron chi connectivity index (χ0n) is 10.5. The number of hydrogen-bond donors (Lipinski definition) is 3. The lowest BCUT2D eigenvalue weighted by Gasteiger charge is -2.15. The summed E-state index contributed by atoms with van der Waals surface area (Å²) >= 11 is 5.88. The van der Waals surface area contributed by atoms with Crippen LogP contribution in [0.1, 0.15) is 26.2 Å². The molecule has 2 amide bonds. The fourth-order valence-electron chi connectivity index (χ4n) is 1.32. The first-order chi connectivity index (χ1) is 8.11. The minimum atomic E-state index is -0.526. The standard InChI is InChI=1S/C11H22N2O2S2/c1-9(14)13-10(8-16)11(15)12-6-4-3-5-7-17-2/h10,16H,3-8H2,1-2H3,(H,12,15)(H,13,14). The van der Waals surface area contributed by atoms with Gasteiger partial charge in [-0.25, -0.2) is 0 Å². The van der Waals surface area contributed by atoms with Crippen molar-refractivity contribution in [2.75, 3.05) is 24.3 Å². The molecule has 6 heteroatoms. The fourth-order valence-corrected chi connectivity index (χ4v) is 2.07. The van der Waals surface area contributed by atoms with Crippen molar-refractivity contribution in [1.82, 2.24) is 10.6 Å². The van der Waals surface area contributed by atoms with Gasteiger partial charge in [0.1, 0.15) is 6.04 Å².